The largest absolute Gasteiger partial charge is 0.551 e. The molecule has 10 aromatic rings. The van der Waals surface area contributed by atoms with Crippen molar-refractivity contribution >= 4 is 97.6 Å². The van der Waals surface area contributed by atoms with Crippen LogP contribution >= 0.6 is 11.6 Å². The Morgan fingerprint density at radius 2 is 1.03 bits per heavy atom. The van der Waals surface area contributed by atoms with E-state index < -0.39 is 6.92 Å². The highest BCUT2D eigenvalue weighted by Crippen LogP contribution is 2.51. The van der Waals surface area contributed by atoms with E-state index in [-0.39, 0.29) is 5.99 Å². The van der Waals surface area contributed by atoms with Gasteiger partial charge in [-0.25, -0.2) is 0 Å². The second kappa shape index (κ2) is 15.8. The number of pyridine rings is 2. The maximum absolute atomic E-state index is 7.47. The number of rotatable bonds is 7. The molecule has 6 heterocycles. The average Bonchev–Trinajstić information content (AvgIpc) is 3.41. The third-order valence-electron chi connectivity index (χ3n) is 13.8. The number of anilines is 9. The first-order valence-corrected chi connectivity index (χ1v) is 24.1. The van der Waals surface area contributed by atoms with Gasteiger partial charge in [0.15, 0.2) is 0 Å². The van der Waals surface area contributed by atoms with Crippen LogP contribution in [0.3, 0.4) is 0 Å². The Labute approximate surface area is 405 Å². The molecule has 10 heteroatoms. The highest BCUT2D eigenvalue weighted by atomic mass is 32.2. The fourth-order valence-corrected chi connectivity index (χ4v) is 12.2. The molecule has 0 spiro atoms. The summed E-state index contributed by atoms with van der Waals surface area (Å²) in [5, 5.41) is 0. The minimum absolute atomic E-state index is 0.0626. The maximum atomic E-state index is 7.47. The van der Waals surface area contributed by atoms with Crippen LogP contribution in [0.25, 0.3) is 22.3 Å². The van der Waals surface area contributed by atoms with E-state index in [1.54, 1.807) is 0 Å². The Balaban J connectivity index is 1.02. The SMILES string of the molecule is Cc1c2c(cc3c1N(c1ccccc1)c1cc(N(c4ccccc4)c4ccccc4)cc4c1B3Oc1ccncc1-4)B1Sc3ccncc3-c3cc(N(c4ccccc4)c4ccccc4)cc(c31)O2. The molecule has 0 amide bonds. The molecule has 0 N–H and O–H groups in total. The van der Waals surface area contributed by atoms with E-state index >= 15 is 0 Å². The first-order valence-electron chi connectivity index (χ1n) is 23.2. The molecule has 7 nitrogen and oxygen atoms in total. The van der Waals surface area contributed by atoms with Gasteiger partial charge >= 0.3 is 6.92 Å². The standard InChI is InChI=1S/C59H39B2N5O2S/c1-38-58-50(35-51-59(38)67-54-34-45(32-47-49-37-63-30-28-55(49)69-61(51)57(47)54)65(41-21-11-4-12-22-41)42-23-13-5-14-24-42)60-56-46(48-36-62-29-27-53(48)68-60)31-44(33-52(56)66(58)43-25-15-6-16-26-43)64(39-17-7-2-8-18-39)40-19-9-3-10-20-40/h2-37H,1H3. The molecule has 0 unspecified atom stereocenters. The van der Waals surface area contributed by atoms with Crippen LogP contribution in [0.2, 0.25) is 0 Å². The lowest BCUT2D eigenvalue weighted by atomic mass is 9.47. The number of para-hydroxylation sites is 5. The Morgan fingerprint density at radius 3 is 1.64 bits per heavy atom. The fourth-order valence-electron chi connectivity index (χ4n) is 10.9. The molecule has 2 aromatic heterocycles. The van der Waals surface area contributed by atoms with Crippen molar-refractivity contribution in [1.82, 2.24) is 9.97 Å². The van der Waals surface area contributed by atoms with Crippen molar-refractivity contribution in [1.29, 1.82) is 0 Å². The van der Waals surface area contributed by atoms with Gasteiger partial charge in [-0.15, -0.1) is 0 Å². The molecule has 8 aromatic carbocycles. The van der Waals surface area contributed by atoms with Gasteiger partial charge in [0.05, 0.1) is 11.4 Å². The van der Waals surface area contributed by atoms with Crippen LogP contribution in [0.1, 0.15) is 5.56 Å². The predicted molar refractivity (Wildman–Crippen MR) is 285 cm³/mol. The number of hydrogen-bond donors (Lipinski definition) is 0. The highest BCUT2D eigenvalue weighted by molar-refractivity contribution is 8.28. The number of benzene rings is 8. The molecular weight excluding hydrogens is 864 g/mol. The van der Waals surface area contributed by atoms with Crippen molar-refractivity contribution in [3.05, 3.63) is 224 Å². The number of fused-ring (bicyclic) bond motifs is 8. The Morgan fingerprint density at radius 1 is 0.493 bits per heavy atom. The molecule has 0 fully saturated rings. The van der Waals surface area contributed by atoms with Gasteiger partial charge in [0, 0.05) is 97.7 Å². The third kappa shape index (κ3) is 6.25. The van der Waals surface area contributed by atoms with E-state index in [1.807, 2.05) is 42.5 Å². The molecule has 0 bridgehead atoms. The number of ether oxygens (including phenoxy) is 1. The van der Waals surface area contributed by atoms with E-state index in [9.17, 15) is 0 Å². The minimum Gasteiger partial charge on any atom is -0.551 e. The van der Waals surface area contributed by atoms with Gasteiger partial charge in [-0.3, -0.25) is 9.97 Å². The molecule has 0 radical (unpaired) electrons. The number of hydrogen-bond acceptors (Lipinski definition) is 8. The molecule has 14 rings (SSSR count). The van der Waals surface area contributed by atoms with Crippen molar-refractivity contribution in [2.24, 2.45) is 0 Å². The summed E-state index contributed by atoms with van der Waals surface area (Å²) in [5.74, 6) is 2.44. The lowest BCUT2D eigenvalue weighted by Crippen LogP contribution is -2.58. The lowest BCUT2D eigenvalue weighted by molar-refractivity contribution is 0.484. The molecule has 0 atom stereocenters. The normalized spacial score (nSPS) is 13.1. The summed E-state index contributed by atoms with van der Waals surface area (Å²) in [6.07, 6.45) is 7.69. The summed E-state index contributed by atoms with van der Waals surface area (Å²) in [5.41, 5.74) is 19.2. The lowest BCUT2D eigenvalue weighted by Gasteiger charge is -2.43. The number of nitrogens with zero attached hydrogens (tertiary/aromatic N) is 5. The van der Waals surface area contributed by atoms with E-state index in [0.717, 1.165) is 118 Å². The fraction of sp³-hybridized carbons (Fsp3) is 0.0169. The molecule has 4 aliphatic rings. The Hall–Kier alpha value is -8.46. The molecule has 324 valence electrons. The quantitative estimate of drug-likeness (QED) is 0.147. The molecule has 0 saturated heterocycles. The van der Waals surface area contributed by atoms with Crippen LogP contribution in [-0.2, 0) is 0 Å². The zero-order chi connectivity index (χ0) is 45.6. The van der Waals surface area contributed by atoms with Gasteiger partial charge in [-0.05, 0) is 125 Å². The molecule has 0 aliphatic carbocycles. The first-order chi connectivity index (χ1) is 34.2. The third-order valence-corrected chi connectivity index (χ3v) is 15.1. The zero-order valence-electron chi connectivity index (χ0n) is 37.4. The van der Waals surface area contributed by atoms with Crippen LogP contribution in [-0.4, -0.2) is 22.9 Å². The van der Waals surface area contributed by atoms with E-state index in [0.29, 0.717) is 0 Å². The predicted octanol–water partition coefficient (Wildman–Crippen LogP) is 12.7. The summed E-state index contributed by atoms with van der Waals surface area (Å²) in [4.78, 5) is 17.6. The van der Waals surface area contributed by atoms with E-state index in [1.165, 1.54) is 4.90 Å². The van der Waals surface area contributed by atoms with Crippen molar-refractivity contribution in [2.45, 2.75) is 11.8 Å². The topological polar surface area (TPSA) is 54.0 Å². The van der Waals surface area contributed by atoms with Gasteiger partial charge in [0.2, 0.25) is 0 Å². The average molecular weight is 904 g/mol. The van der Waals surface area contributed by atoms with Gasteiger partial charge in [-0.1, -0.05) is 97.1 Å². The van der Waals surface area contributed by atoms with Crippen molar-refractivity contribution in [2.75, 3.05) is 14.7 Å². The van der Waals surface area contributed by atoms with Crippen LogP contribution < -0.4 is 45.9 Å². The summed E-state index contributed by atoms with van der Waals surface area (Å²) in [6, 6.07) is 68.8. The van der Waals surface area contributed by atoms with Gasteiger partial charge in [0.1, 0.15) is 17.2 Å². The van der Waals surface area contributed by atoms with Crippen LogP contribution in [0.15, 0.2) is 224 Å². The van der Waals surface area contributed by atoms with E-state index in [2.05, 4.69) is 220 Å². The molecular formula is C59H39B2N5O2S. The van der Waals surface area contributed by atoms with Gasteiger partial charge in [0.25, 0.3) is 5.99 Å². The molecule has 4 aliphatic heterocycles. The summed E-state index contributed by atoms with van der Waals surface area (Å²) in [6.45, 7) is 1.81. The molecule has 0 saturated carbocycles. The summed E-state index contributed by atoms with van der Waals surface area (Å²) >= 11 is 1.87. The van der Waals surface area contributed by atoms with Crippen LogP contribution in [0, 0.1) is 6.92 Å². The highest BCUT2D eigenvalue weighted by Gasteiger charge is 2.48. The van der Waals surface area contributed by atoms with Crippen molar-refractivity contribution < 1.29 is 9.39 Å². The van der Waals surface area contributed by atoms with Gasteiger partial charge < -0.3 is 24.1 Å². The van der Waals surface area contributed by atoms with Crippen molar-refractivity contribution in [3.63, 3.8) is 0 Å². The molecule has 69 heavy (non-hydrogen) atoms. The minimum atomic E-state index is -0.418. The zero-order valence-corrected chi connectivity index (χ0v) is 38.2. The second-order valence-corrected chi connectivity index (χ2v) is 18.9. The summed E-state index contributed by atoms with van der Waals surface area (Å²) < 4.78 is 14.7. The number of aromatic nitrogens is 2. The smallest absolute Gasteiger partial charge is 0.431 e. The Kier molecular flexibility index (Phi) is 9.10. The maximum Gasteiger partial charge on any atom is 0.431 e. The van der Waals surface area contributed by atoms with Crippen LogP contribution in [0.5, 0.6) is 17.2 Å². The van der Waals surface area contributed by atoms with E-state index in [4.69, 9.17) is 9.39 Å². The Bertz CT molecular complexity index is 3570. The monoisotopic (exact) mass is 903 g/mol. The summed E-state index contributed by atoms with van der Waals surface area (Å²) in [7, 11) is 0. The second-order valence-electron chi connectivity index (χ2n) is 17.7. The van der Waals surface area contributed by atoms with Crippen LogP contribution in [0.4, 0.5) is 51.2 Å². The van der Waals surface area contributed by atoms with Gasteiger partial charge in [-0.2, -0.15) is 11.6 Å². The first kappa shape index (κ1) is 39.7. The van der Waals surface area contributed by atoms with Crippen molar-refractivity contribution in [3.8, 4) is 39.5 Å².